The lowest BCUT2D eigenvalue weighted by atomic mass is 10.2. The summed E-state index contributed by atoms with van der Waals surface area (Å²) in [6, 6.07) is 4.61. The van der Waals surface area contributed by atoms with Crippen molar-refractivity contribution in [3.05, 3.63) is 23.8 Å². The molecule has 0 saturated heterocycles. The molecule has 0 aromatic heterocycles. The zero-order valence-corrected chi connectivity index (χ0v) is 12.4. The van der Waals surface area contributed by atoms with Crippen LogP contribution < -0.4 is 9.62 Å². The number of benzene rings is 1. The lowest BCUT2D eigenvalue weighted by Gasteiger charge is -2.16. The molecule has 1 unspecified atom stereocenters. The molecule has 0 spiro atoms. The number of nitrogens with one attached hydrogen (secondary N) is 1. The van der Waals surface area contributed by atoms with Gasteiger partial charge < -0.3 is 15.1 Å². The third kappa shape index (κ3) is 3.41. The Morgan fingerprint density at radius 2 is 2.19 bits per heavy atom. The van der Waals surface area contributed by atoms with Crippen LogP contribution in [0.3, 0.4) is 0 Å². The van der Waals surface area contributed by atoms with Crippen molar-refractivity contribution in [3.63, 3.8) is 0 Å². The summed E-state index contributed by atoms with van der Waals surface area (Å²) in [7, 11) is -3.80. The molecule has 0 radical (unpaired) electrons. The van der Waals surface area contributed by atoms with E-state index in [4.69, 9.17) is 5.11 Å². The van der Waals surface area contributed by atoms with Crippen molar-refractivity contribution in [2.24, 2.45) is 0 Å². The van der Waals surface area contributed by atoms with Gasteiger partial charge in [0.25, 0.3) is 0 Å². The predicted molar refractivity (Wildman–Crippen MR) is 76.5 cm³/mol. The number of hydrogen-bond donors (Lipinski definition) is 3. The van der Waals surface area contributed by atoms with Gasteiger partial charge in [-0.25, -0.2) is 13.1 Å². The molecule has 1 aliphatic rings. The molecule has 1 aliphatic heterocycles. The standard InChI is InChI=1S/C13H18N2O5S/c1-9(17)15-5-4-10-2-3-12(6-13(10)15)21(19,20)14-7-11(18)8-16/h2-3,6,11,14,16,18H,4-5,7-8H2,1H3. The zero-order chi connectivity index (χ0) is 15.6. The summed E-state index contributed by atoms with van der Waals surface area (Å²) in [6.07, 6.45) is -0.450. The van der Waals surface area contributed by atoms with E-state index in [0.29, 0.717) is 18.7 Å². The Morgan fingerprint density at radius 3 is 2.81 bits per heavy atom. The molecule has 116 valence electrons. The highest BCUT2D eigenvalue weighted by molar-refractivity contribution is 7.89. The van der Waals surface area contributed by atoms with Crippen LogP contribution in [-0.4, -0.2) is 50.3 Å². The summed E-state index contributed by atoms with van der Waals surface area (Å²) in [6.45, 7) is 1.19. The van der Waals surface area contributed by atoms with Gasteiger partial charge in [-0.1, -0.05) is 6.07 Å². The summed E-state index contributed by atoms with van der Waals surface area (Å²) in [5.41, 5.74) is 1.53. The van der Waals surface area contributed by atoms with E-state index in [1.54, 1.807) is 6.07 Å². The lowest BCUT2D eigenvalue weighted by molar-refractivity contribution is -0.116. The summed E-state index contributed by atoms with van der Waals surface area (Å²) in [5.74, 6) is -0.132. The number of amides is 1. The second-order valence-corrected chi connectivity index (χ2v) is 6.67. The number of nitrogens with zero attached hydrogens (tertiary/aromatic N) is 1. The minimum absolute atomic E-state index is 0.0274. The quantitative estimate of drug-likeness (QED) is 0.661. The first-order chi connectivity index (χ1) is 9.85. The van der Waals surface area contributed by atoms with Crippen LogP contribution in [0.4, 0.5) is 5.69 Å². The van der Waals surface area contributed by atoms with Crippen LogP contribution in [0.1, 0.15) is 12.5 Å². The molecular weight excluding hydrogens is 296 g/mol. The fourth-order valence-electron chi connectivity index (χ4n) is 2.21. The first-order valence-electron chi connectivity index (χ1n) is 6.55. The van der Waals surface area contributed by atoms with Gasteiger partial charge in [0.1, 0.15) is 0 Å². The fourth-order valence-corrected chi connectivity index (χ4v) is 3.30. The van der Waals surface area contributed by atoms with Crippen molar-refractivity contribution in [1.29, 1.82) is 0 Å². The van der Waals surface area contributed by atoms with Gasteiger partial charge in [-0.15, -0.1) is 0 Å². The molecule has 1 heterocycles. The van der Waals surface area contributed by atoms with Crippen LogP contribution in [0, 0.1) is 0 Å². The average molecular weight is 314 g/mol. The van der Waals surface area contributed by atoms with E-state index in [0.717, 1.165) is 5.56 Å². The topological polar surface area (TPSA) is 107 Å². The molecule has 1 aromatic rings. The minimum Gasteiger partial charge on any atom is -0.394 e. The van der Waals surface area contributed by atoms with Gasteiger partial charge in [-0.3, -0.25) is 4.79 Å². The van der Waals surface area contributed by atoms with E-state index in [9.17, 15) is 18.3 Å². The normalized spacial score (nSPS) is 15.9. The minimum atomic E-state index is -3.80. The van der Waals surface area contributed by atoms with Gasteiger partial charge in [0, 0.05) is 25.7 Å². The van der Waals surface area contributed by atoms with Gasteiger partial charge in [-0.05, 0) is 24.1 Å². The lowest BCUT2D eigenvalue weighted by Crippen LogP contribution is -2.34. The monoisotopic (exact) mass is 314 g/mol. The van der Waals surface area contributed by atoms with Crippen LogP contribution in [0.25, 0.3) is 0 Å². The molecule has 1 atom stereocenters. The van der Waals surface area contributed by atoms with Crippen molar-refractivity contribution in [2.75, 3.05) is 24.6 Å². The van der Waals surface area contributed by atoms with E-state index < -0.39 is 22.7 Å². The van der Waals surface area contributed by atoms with Crippen molar-refractivity contribution < 1.29 is 23.4 Å². The summed E-state index contributed by atoms with van der Waals surface area (Å²) < 4.78 is 26.5. The highest BCUT2D eigenvalue weighted by Gasteiger charge is 2.25. The summed E-state index contributed by atoms with van der Waals surface area (Å²) >= 11 is 0. The second-order valence-electron chi connectivity index (χ2n) is 4.90. The van der Waals surface area contributed by atoms with Crippen LogP contribution in [0.15, 0.2) is 23.1 Å². The van der Waals surface area contributed by atoms with Gasteiger partial charge in [0.05, 0.1) is 17.6 Å². The molecule has 1 aromatic carbocycles. The molecule has 0 aliphatic carbocycles. The number of fused-ring (bicyclic) bond motifs is 1. The largest absolute Gasteiger partial charge is 0.394 e. The number of anilines is 1. The average Bonchev–Trinajstić information content (AvgIpc) is 2.87. The molecular formula is C13H18N2O5S. The van der Waals surface area contributed by atoms with E-state index >= 15 is 0 Å². The van der Waals surface area contributed by atoms with Crippen molar-refractivity contribution in [3.8, 4) is 0 Å². The third-order valence-electron chi connectivity index (χ3n) is 3.36. The van der Waals surface area contributed by atoms with Crippen LogP contribution >= 0.6 is 0 Å². The predicted octanol–water partition coefficient (Wildman–Crippen LogP) is -0.773. The Morgan fingerprint density at radius 1 is 1.48 bits per heavy atom. The number of hydrogen-bond acceptors (Lipinski definition) is 5. The maximum absolute atomic E-state index is 12.1. The fraction of sp³-hybridized carbons (Fsp3) is 0.462. The molecule has 3 N–H and O–H groups in total. The van der Waals surface area contributed by atoms with E-state index in [2.05, 4.69) is 4.72 Å². The maximum atomic E-state index is 12.1. The van der Waals surface area contributed by atoms with Gasteiger partial charge in [0.15, 0.2) is 0 Å². The van der Waals surface area contributed by atoms with Crippen LogP contribution in [0.2, 0.25) is 0 Å². The van der Waals surface area contributed by atoms with Crippen molar-refractivity contribution in [2.45, 2.75) is 24.3 Å². The Hall–Kier alpha value is -1.48. The highest BCUT2D eigenvalue weighted by atomic mass is 32.2. The van der Waals surface area contributed by atoms with Crippen molar-refractivity contribution in [1.82, 2.24) is 4.72 Å². The maximum Gasteiger partial charge on any atom is 0.240 e. The molecule has 8 heteroatoms. The Labute approximate surface area is 123 Å². The Bertz CT molecular complexity index is 644. The van der Waals surface area contributed by atoms with E-state index in [1.165, 1.54) is 24.0 Å². The number of carbonyl (C=O) groups excluding carboxylic acids is 1. The first kappa shape index (κ1) is 15.9. The van der Waals surface area contributed by atoms with E-state index in [1.807, 2.05) is 0 Å². The molecule has 1 amide bonds. The number of aliphatic hydroxyl groups is 2. The van der Waals surface area contributed by atoms with E-state index in [-0.39, 0.29) is 17.3 Å². The molecule has 7 nitrogen and oxygen atoms in total. The molecule has 21 heavy (non-hydrogen) atoms. The number of aliphatic hydroxyl groups excluding tert-OH is 2. The van der Waals surface area contributed by atoms with Crippen molar-refractivity contribution >= 4 is 21.6 Å². The van der Waals surface area contributed by atoms with Gasteiger partial charge >= 0.3 is 0 Å². The van der Waals surface area contributed by atoms with Gasteiger partial charge in [0.2, 0.25) is 15.9 Å². The Balaban J connectivity index is 2.25. The summed E-state index contributed by atoms with van der Waals surface area (Å²) in [4.78, 5) is 13.1. The number of carbonyl (C=O) groups is 1. The van der Waals surface area contributed by atoms with Crippen LogP contribution in [-0.2, 0) is 21.2 Å². The molecule has 0 saturated carbocycles. The molecule has 0 fully saturated rings. The zero-order valence-electron chi connectivity index (χ0n) is 11.6. The van der Waals surface area contributed by atoms with Gasteiger partial charge in [-0.2, -0.15) is 0 Å². The smallest absolute Gasteiger partial charge is 0.240 e. The molecule has 0 bridgehead atoms. The number of rotatable bonds is 5. The SMILES string of the molecule is CC(=O)N1CCc2ccc(S(=O)(=O)NCC(O)CO)cc21. The third-order valence-corrected chi connectivity index (χ3v) is 4.78. The first-order valence-corrected chi connectivity index (χ1v) is 8.03. The highest BCUT2D eigenvalue weighted by Crippen LogP contribution is 2.30. The summed E-state index contributed by atoms with van der Waals surface area (Å²) in [5, 5.41) is 17.9. The Kier molecular flexibility index (Phi) is 4.62. The second kappa shape index (κ2) is 6.10. The molecule has 2 rings (SSSR count). The van der Waals surface area contributed by atoms with Crippen LogP contribution in [0.5, 0.6) is 0 Å². The number of sulfonamides is 1.